The van der Waals surface area contributed by atoms with Crippen LogP contribution < -0.4 is 4.74 Å². The minimum atomic E-state index is -0.107. The van der Waals surface area contributed by atoms with Crippen LogP contribution in [-0.2, 0) is 35.6 Å². The summed E-state index contributed by atoms with van der Waals surface area (Å²) in [4.78, 5) is 4.95. The fraction of sp³-hybridized carbons (Fsp3) is 0.280. The molecule has 0 bridgehead atoms. The molecule has 0 atom stereocenters. The number of aryl methyl sites for hydroxylation is 1. The third-order valence-electron chi connectivity index (χ3n) is 13.3. The number of ether oxygens (including phenoxy) is 1. The summed E-state index contributed by atoms with van der Waals surface area (Å²) >= 11 is 2.44. The molecule has 0 unspecified atom stereocenters. The molecule has 1 aliphatic carbocycles. The molecule has 0 radical (unpaired) electrons. The Hall–Kier alpha value is -4.99. The molecule has 0 saturated heterocycles. The zero-order valence-electron chi connectivity index (χ0n) is 33.9. The number of para-hydroxylation sites is 2. The van der Waals surface area contributed by atoms with Gasteiger partial charge in [-0.25, -0.2) is 0 Å². The van der Waals surface area contributed by atoms with Crippen LogP contribution in [0.2, 0.25) is 0 Å². The van der Waals surface area contributed by atoms with Crippen LogP contribution in [-0.4, -0.2) is 18.7 Å². The quantitative estimate of drug-likeness (QED) is 0.161. The number of hydrogen-bond donors (Lipinski definition) is 0. The number of pyridine rings is 1. The van der Waals surface area contributed by atoms with E-state index in [-0.39, 0.29) is 21.7 Å². The number of hydrogen-bond acceptors (Lipinski definition) is 2. The molecular formula is C50H48N4OPt-2. The Labute approximate surface area is 341 Å². The SMILES string of the molecule is Cc1ccnc(-n2c3[c-]c(Oc4[c-]c(-n5[c](=[Pt])n(-c6ccc(C(C)(C)C)cc6)c6ccccc65)ccc4)ccc3c3ccc4c(c32)C(C)(C)C(C)(C)C4(C)C)c1. The van der Waals surface area contributed by atoms with Gasteiger partial charge in [-0.15, -0.1) is 0 Å². The van der Waals surface area contributed by atoms with Crippen molar-refractivity contribution in [1.82, 2.24) is 18.7 Å². The molecule has 0 N–H and O–H groups in total. The Morgan fingerprint density at radius 3 is 2.05 bits per heavy atom. The average Bonchev–Trinajstić information content (AvgIpc) is 3.68. The van der Waals surface area contributed by atoms with E-state index in [1.807, 2.05) is 24.4 Å². The Morgan fingerprint density at radius 1 is 0.679 bits per heavy atom. The third-order valence-corrected chi connectivity index (χ3v) is 14.3. The summed E-state index contributed by atoms with van der Waals surface area (Å²) in [6.45, 7) is 23.3. The second-order valence-electron chi connectivity index (χ2n) is 18.1. The summed E-state index contributed by atoms with van der Waals surface area (Å²) in [7, 11) is 0. The molecule has 1 aliphatic rings. The van der Waals surface area contributed by atoms with E-state index in [1.54, 1.807) is 0 Å². The Kier molecular flexibility index (Phi) is 8.18. The van der Waals surface area contributed by atoms with Gasteiger partial charge < -0.3 is 0 Å². The van der Waals surface area contributed by atoms with Crippen molar-refractivity contribution in [2.75, 3.05) is 0 Å². The van der Waals surface area contributed by atoms with Crippen LogP contribution in [0, 0.1) is 28.3 Å². The van der Waals surface area contributed by atoms with Gasteiger partial charge in [-0.2, -0.15) is 0 Å². The van der Waals surface area contributed by atoms with Gasteiger partial charge in [0.05, 0.1) is 0 Å². The van der Waals surface area contributed by atoms with E-state index in [1.165, 1.54) is 27.6 Å². The predicted octanol–water partition coefficient (Wildman–Crippen LogP) is 12.6. The monoisotopic (exact) mass is 915 g/mol. The molecule has 9 rings (SSSR count). The standard InChI is InChI=1S/C50H48N4O.Pt/c1-32-26-27-51-44(28-32)54-43-30-37(22-23-38(43)39-24-25-40-45(46(39)54)49(7,8)50(9,10)48(40,5)6)55-36-15-13-14-35(29-36)53-31-52(41-16-11-12-17-42(41)53)34-20-18-33(19-21-34)47(2,3)4;/h11-28H,1-10H3;/q-2;. The predicted molar refractivity (Wildman–Crippen MR) is 225 cm³/mol. The number of aromatic nitrogens is 4. The summed E-state index contributed by atoms with van der Waals surface area (Å²) in [6.07, 6.45) is 1.91. The molecule has 5 nitrogen and oxygen atoms in total. The van der Waals surface area contributed by atoms with E-state index in [0.29, 0.717) is 11.5 Å². The zero-order chi connectivity index (χ0) is 39.5. The molecule has 8 aromatic rings. The Balaban J connectivity index is 1.18. The molecule has 3 heterocycles. The van der Waals surface area contributed by atoms with E-state index in [9.17, 15) is 0 Å². The molecule has 6 heteroatoms. The number of imidazole rings is 1. The molecule has 3 aromatic heterocycles. The van der Waals surface area contributed by atoms with Gasteiger partial charge in [-0.3, -0.25) is 0 Å². The van der Waals surface area contributed by atoms with Crippen molar-refractivity contribution in [3.63, 3.8) is 0 Å². The maximum absolute atomic E-state index is 6.68. The van der Waals surface area contributed by atoms with Crippen LogP contribution in [0.25, 0.3) is 50.0 Å². The van der Waals surface area contributed by atoms with E-state index in [0.717, 1.165) is 48.5 Å². The van der Waals surface area contributed by atoms with Crippen molar-refractivity contribution in [1.29, 1.82) is 0 Å². The van der Waals surface area contributed by atoms with Crippen molar-refractivity contribution in [3.05, 3.63) is 148 Å². The summed E-state index contributed by atoms with van der Waals surface area (Å²) < 4.78 is 14.6. The van der Waals surface area contributed by atoms with Crippen LogP contribution in [0.15, 0.2) is 109 Å². The molecule has 0 spiro atoms. The van der Waals surface area contributed by atoms with Crippen molar-refractivity contribution in [2.24, 2.45) is 5.41 Å². The van der Waals surface area contributed by atoms with Crippen molar-refractivity contribution >= 4 is 32.8 Å². The first-order valence-electron chi connectivity index (χ1n) is 19.5. The molecule has 0 aliphatic heterocycles. The van der Waals surface area contributed by atoms with Gasteiger partial charge >= 0.3 is 249 Å². The molecule has 286 valence electrons. The Bertz CT molecular complexity index is 2930. The smallest absolute Gasteiger partial charge is 0.0582 e. The van der Waals surface area contributed by atoms with Gasteiger partial charge in [-0.05, 0) is 40.4 Å². The van der Waals surface area contributed by atoms with Crippen LogP contribution in [0.4, 0.5) is 0 Å². The van der Waals surface area contributed by atoms with E-state index in [4.69, 9.17) is 9.72 Å². The second-order valence-corrected chi connectivity index (χ2v) is 19.1. The van der Waals surface area contributed by atoms with Gasteiger partial charge in [0.25, 0.3) is 0 Å². The minimum Gasteiger partial charge on any atom is -0.0582 e. The van der Waals surface area contributed by atoms with Crippen LogP contribution in [0.3, 0.4) is 0 Å². The van der Waals surface area contributed by atoms with E-state index in [2.05, 4.69) is 199 Å². The Morgan fingerprint density at radius 2 is 1.36 bits per heavy atom. The van der Waals surface area contributed by atoms with Crippen LogP contribution >= 0.6 is 0 Å². The number of rotatable bonds is 5. The van der Waals surface area contributed by atoms with Crippen molar-refractivity contribution in [2.45, 2.75) is 85.5 Å². The van der Waals surface area contributed by atoms with Gasteiger partial charge in [0.1, 0.15) is 0 Å². The first-order chi connectivity index (χ1) is 26.5. The van der Waals surface area contributed by atoms with E-state index >= 15 is 0 Å². The van der Waals surface area contributed by atoms with Gasteiger partial charge in [-0.1, -0.05) is 47.6 Å². The summed E-state index contributed by atoms with van der Waals surface area (Å²) in [5.74, 6) is 2.13. The summed E-state index contributed by atoms with van der Waals surface area (Å²) in [6, 6.07) is 44.0. The molecule has 0 amide bonds. The normalized spacial score (nSPS) is 15.9. The molecule has 56 heavy (non-hydrogen) atoms. The van der Waals surface area contributed by atoms with E-state index < -0.39 is 0 Å². The van der Waals surface area contributed by atoms with Gasteiger partial charge in [0.2, 0.25) is 0 Å². The topological polar surface area (TPSA) is 36.9 Å². The summed E-state index contributed by atoms with van der Waals surface area (Å²) in [5.41, 5.74) is 11.6. The first kappa shape index (κ1) is 36.6. The van der Waals surface area contributed by atoms with Gasteiger partial charge in [0, 0.05) is 6.20 Å². The van der Waals surface area contributed by atoms with Gasteiger partial charge in [0.15, 0.2) is 0 Å². The number of benzene rings is 5. The summed E-state index contributed by atoms with van der Waals surface area (Å²) in [5, 5.41) is 2.33. The zero-order valence-corrected chi connectivity index (χ0v) is 36.2. The maximum atomic E-state index is 6.68. The average molecular weight is 916 g/mol. The van der Waals surface area contributed by atoms with Crippen LogP contribution in [0.1, 0.15) is 84.6 Å². The van der Waals surface area contributed by atoms with Crippen molar-refractivity contribution < 1.29 is 24.1 Å². The second kappa shape index (κ2) is 12.5. The molecule has 0 saturated carbocycles. The first-order valence-corrected chi connectivity index (χ1v) is 20.6. The molecular weight excluding hydrogens is 868 g/mol. The minimum absolute atomic E-state index is 0.00975. The number of nitrogens with zero attached hydrogens (tertiary/aromatic N) is 4. The fourth-order valence-electron chi connectivity index (χ4n) is 8.97. The molecule has 0 fully saturated rings. The molecule has 5 aromatic carbocycles. The van der Waals surface area contributed by atoms with Crippen LogP contribution in [0.5, 0.6) is 11.5 Å². The third kappa shape index (κ3) is 5.30. The van der Waals surface area contributed by atoms with Crippen molar-refractivity contribution in [3.8, 4) is 28.7 Å². The fourth-order valence-corrected chi connectivity index (χ4v) is 10.1. The number of fused-ring (bicyclic) bond motifs is 6.